The van der Waals surface area contributed by atoms with Crippen LogP contribution >= 0.6 is 23.6 Å². The van der Waals surface area contributed by atoms with Gasteiger partial charge < -0.3 is 15.4 Å². The van der Waals surface area contributed by atoms with Gasteiger partial charge in [-0.2, -0.15) is 0 Å². The summed E-state index contributed by atoms with van der Waals surface area (Å²) in [5.41, 5.74) is 0.211. The van der Waals surface area contributed by atoms with Crippen molar-refractivity contribution in [2.75, 3.05) is 11.9 Å². The summed E-state index contributed by atoms with van der Waals surface area (Å²) in [6.45, 7) is 2.09. The smallest absolute Gasteiger partial charge is 0.341 e. The second-order valence-electron chi connectivity index (χ2n) is 7.99. The number of rotatable bonds is 4. The molecule has 4 aliphatic carbocycles. The number of amides is 1. The highest BCUT2D eigenvalue weighted by Crippen LogP contribution is 2.60. The van der Waals surface area contributed by atoms with Crippen LogP contribution in [-0.2, 0) is 9.53 Å². The Morgan fingerprint density at radius 2 is 1.85 bits per heavy atom. The molecule has 1 aromatic rings. The van der Waals surface area contributed by atoms with Gasteiger partial charge in [-0.05, 0) is 86.9 Å². The number of ether oxygens (including phenoxy) is 1. The van der Waals surface area contributed by atoms with Crippen molar-refractivity contribution in [3.8, 4) is 0 Å². The molecule has 1 amide bonds. The third-order valence-corrected chi connectivity index (χ3v) is 7.17. The Hall–Kier alpha value is -1.47. The van der Waals surface area contributed by atoms with E-state index >= 15 is 0 Å². The first kappa shape index (κ1) is 17.9. The Morgan fingerprint density at radius 1 is 1.23 bits per heavy atom. The molecule has 0 saturated heterocycles. The second-order valence-corrected chi connectivity index (χ2v) is 9.31. The Kier molecular flexibility index (Phi) is 4.77. The summed E-state index contributed by atoms with van der Waals surface area (Å²) in [6, 6.07) is 1.70. The average molecular weight is 393 g/mol. The van der Waals surface area contributed by atoms with Gasteiger partial charge in [0.1, 0.15) is 5.00 Å². The van der Waals surface area contributed by atoms with Gasteiger partial charge >= 0.3 is 5.97 Å². The molecule has 0 spiro atoms. The number of nitrogens with one attached hydrogen (secondary N) is 2. The van der Waals surface area contributed by atoms with Crippen LogP contribution in [0.4, 0.5) is 5.00 Å². The van der Waals surface area contributed by atoms with Gasteiger partial charge in [0, 0.05) is 0 Å². The van der Waals surface area contributed by atoms with E-state index < -0.39 is 0 Å². The highest BCUT2D eigenvalue weighted by Gasteiger charge is 2.54. The minimum absolute atomic E-state index is 0.0586. The maximum atomic E-state index is 13.0. The maximum Gasteiger partial charge on any atom is 0.341 e. The van der Waals surface area contributed by atoms with Gasteiger partial charge in [-0.1, -0.05) is 0 Å². The van der Waals surface area contributed by atoms with Crippen LogP contribution in [0.15, 0.2) is 11.4 Å². The molecule has 7 heteroatoms. The molecule has 0 radical (unpaired) electrons. The second kappa shape index (κ2) is 6.93. The normalized spacial score (nSPS) is 31.5. The van der Waals surface area contributed by atoms with Crippen LogP contribution in [0.1, 0.15) is 55.8 Å². The van der Waals surface area contributed by atoms with E-state index in [9.17, 15) is 9.59 Å². The standard InChI is InChI=1S/C19H24N2O3S2/c1-2-24-16(22)14-3-4-26-15(14)20-18(25)21-17(23)19-8-11-5-12(9-19)7-13(6-11)10-19/h3-4,11-13H,2,5-10H2,1H3,(H2,20,21,23,25). The van der Waals surface area contributed by atoms with E-state index in [1.807, 2.05) is 0 Å². The van der Waals surface area contributed by atoms with Gasteiger partial charge in [-0.25, -0.2) is 4.79 Å². The van der Waals surface area contributed by atoms with Gasteiger partial charge in [0.05, 0.1) is 17.6 Å². The van der Waals surface area contributed by atoms with Gasteiger partial charge in [0.2, 0.25) is 5.91 Å². The topological polar surface area (TPSA) is 67.4 Å². The summed E-state index contributed by atoms with van der Waals surface area (Å²) in [5.74, 6) is 1.80. The number of carbonyl (C=O) groups excluding carboxylic acids is 2. The number of hydrogen-bond donors (Lipinski definition) is 2. The zero-order valence-electron chi connectivity index (χ0n) is 14.9. The van der Waals surface area contributed by atoms with Crippen molar-refractivity contribution in [1.82, 2.24) is 5.32 Å². The number of esters is 1. The lowest BCUT2D eigenvalue weighted by atomic mass is 9.49. The Bertz CT molecular complexity index is 708. The first-order valence-corrected chi connectivity index (χ1v) is 10.6. The molecule has 4 aliphatic rings. The first-order valence-electron chi connectivity index (χ1n) is 9.36. The van der Waals surface area contributed by atoms with E-state index in [1.165, 1.54) is 30.6 Å². The lowest BCUT2D eigenvalue weighted by Crippen LogP contribution is -2.55. The van der Waals surface area contributed by atoms with E-state index in [0.29, 0.717) is 34.9 Å². The predicted molar refractivity (Wildman–Crippen MR) is 105 cm³/mol. The number of hydrogen-bond acceptors (Lipinski definition) is 5. The molecule has 0 aromatic carbocycles. The largest absolute Gasteiger partial charge is 0.462 e. The van der Waals surface area contributed by atoms with Crippen molar-refractivity contribution in [3.63, 3.8) is 0 Å². The fourth-order valence-corrected chi connectivity index (χ4v) is 6.57. The minimum atomic E-state index is -0.383. The number of thiophene rings is 1. The van der Waals surface area contributed by atoms with E-state index in [0.717, 1.165) is 19.3 Å². The van der Waals surface area contributed by atoms with Crippen molar-refractivity contribution < 1.29 is 14.3 Å². The van der Waals surface area contributed by atoms with Crippen molar-refractivity contribution in [3.05, 3.63) is 17.0 Å². The van der Waals surface area contributed by atoms with E-state index in [2.05, 4.69) is 10.6 Å². The monoisotopic (exact) mass is 392 g/mol. The Morgan fingerprint density at radius 3 is 2.42 bits per heavy atom. The molecule has 2 N–H and O–H groups in total. The molecule has 4 fully saturated rings. The highest BCUT2D eigenvalue weighted by atomic mass is 32.1. The summed E-state index contributed by atoms with van der Waals surface area (Å²) < 4.78 is 5.05. The molecular formula is C19H24N2O3S2. The molecule has 1 aromatic heterocycles. The lowest BCUT2D eigenvalue weighted by Gasteiger charge is -2.55. The summed E-state index contributed by atoms with van der Waals surface area (Å²) in [4.78, 5) is 25.0. The third-order valence-electron chi connectivity index (χ3n) is 6.13. The zero-order chi connectivity index (χ0) is 18.3. The molecule has 140 valence electrons. The summed E-state index contributed by atoms with van der Waals surface area (Å²) >= 11 is 6.72. The van der Waals surface area contributed by atoms with E-state index in [4.69, 9.17) is 17.0 Å². The Balaban J connectivity index is 1.41. The fourth-order valence-electron chi connectivity index (χ4n) is 5.53. The molecular weight excluding hydrogens is 368 g/mol. The molecule has 5 nitrogen and oxygen atoms in total. The summed E-state index contributed by atoms with van der Waals surface area (Å²) in [6.07, 6.45) is 6.90. The molecule has 0 aliphatic heterocycles. The van der Waals surface area contributed by atoms with Crippen molar-refractivity contribution in [1.29, 1.82) is 0 Å². The van der Waals surface area contributed by atoms with Crippen LogP contribution in [0.3, 0.4) is 0 Å². The first-order chi connectivity index (χ1) is 12.5. The predicted octanol–water partition coefficient (Wildman–Crippen LogP) is 3.95. The molecule has 26 heavy (non-hydrogen) atoms. The quantitative estimate of drug-likeness (QED) is 0.600. The molecule has 4 saturated carbocycles. The fraction of sp³-hybridized carbons (Fsp3) is 0.632. The average Bonchev–Trinajstić information content (AvgIpc) is 3.01. The Labute approximate surface area is 162 Å². The SMILES string of the molecule is CCOC(=O)c1ccsc1NC(=S)NC(=O)C12CC3CC(CC(C3)C1)C2. The van der Waals surface area contributed by atoms with Crippen LogP contribution in [0.25, 0.3) is 0 Å². The highest BCUT2D eigenvalue weighted by molar-refractivity contribution is 7.80. The van der Waals surface area contributed by atoms with Crippen LogP contribution in [0, 0.1) is 23.2 Å². The molecule has 5 rings (SSSR count). The van der Waals surface area contributed by atoms with Crippen LogP contribution in [-0.4, -0.2) is 23.6 Å². The summed E-state index contributed by atoms with van der Waals surface area (Å²) in [5, 5.41) is 8.60. The molecule has 0 atom stereocenters. The number of anilines is 1. The maximum absolute atomic E-state index is 13.0. The van der Waals surface area contributed by atoms with Gasteiger partial charge in [0.15, 0.2) is 5.11 Å². The third kappa shape index (κ3) is 3.27. The van der Waals surface area contributed by atoms with E-state index in [1.54, 1.807) is 18.4 Å². The molecule has 0 unspecified atom stereocenters. The minimum Gasteiger partial charge on any atom is -0.462 e. The lowest BCUT2D eigenvalue weighted by molar-refractivity contribution is -0.144. The van der Waals surface area contributed by atoms with Crippen LogP contribution in [0.2, 0.25) is 0 Å². The van der Waals surface area contributed by atoms with Crippen molar-refractivity contribution in [2.24, 2.45) is 23.2 Å². The molecule has 1 heterocycles. The van der Waals surface area contributed by atoms with Crippen LogP contribution in [0.5, 0.6) is 0 Å². The number of carbonyl (C=O) groups is 2. The number of thiocarbonyl (C=S) groups is 1. The van der Waals surface area contributed by atoms with E-state index in [-0.39, 0.29) is 22.4 Å². The zero-order valence-corrected chi connectivity index (χ0v) is 16.5. The van der Waals surface area contributed by atoms with Crippen molar-refractivity contribution in [2.45, 2.75) is 45.4 Å². The summed E-state index contributed by atoms with van der Waals surface area (Å²) in [7, 11) is 0. The van der Waals surface area contributed by atoms with Crippen molar-refractivity contribution >= 4 is 45.5 Å². The van der Waals surface area contributed by atoms with Crippen LogP contribution < -0.4 is 10.6 Å². The van der Waals surface area contributed by atoms with Gasteiger partial charge in [-0.15, -0.1) is 11.3 Å². The molecule has 4 bridgehead atoms. The van der Waals surface area contributed by atoms with Gasteiger partial charge in [-0.3, -0.25) is 4.79 Å². The van der Waals surface area contributed by atoms with Gasteiger partial charge in [0.25, 0.3) is 0 Å².